The highest BCUT2D eigenvalue weighted by molar-refractivity contribution is 5.28. The van der Waals surface area contributed by atoms with Crippen molar-refractivity contribution >= 4 is 0 Å². The van der Waals surface area contributed by atoms with Crippen molar-refractivity contribution in [3.63, 3.8) is 0 Å². The molecule has 426 valence electrons. The largest absolute Gasteiger partial charge is 0.491 e. The van der Waals surface area contributed by atoms with Crippen molar-refractivity contribution in [3.05, 3.63) is 29.8 Å². The Bertz CT molecular complexity index is 1750. The Morgan fingerprint density at radius 3 is 0.764 bits per heavy atom. The number of aliphatic hydroxyl groups is 1. The minimum atomic E-state index is -0.634. The molecule has 3 nitrogen and oxygen atoms in total. The molecule has 0 fully saturated rings. The fourth-order valence-electron chi connectivity index (χ4n) is 20.3. The fourth-order valence-corrected chi connectivity index (χ4v) is 20.3. The highest BCUT2D eigenvalue weighted by Gasteiger charge is 2.45. The second-order valence-corrected chi connectivity index (χ2v) is 37.2. The van der Waals surface area contributed by atoms with Crippen molar-refractivity contribution < 1.29 is 9.84 Å². The van der Waals surface area contributed by atoms with Gasteiger partial charge in [0, 0.05) is 6.54 Å². The SMILES string of the molecule is CC(C)CC(C)(C)CC(C)(C)CC(C)(C)CC(C)(C)CC(C)(C)CC(C)(C)CC(C)(C)CC(C)(C)CC(C)(C)CC(C)(C)CC(C)(C)CC(C)(C)CC(C)(C)CC(C)(C)Cc1ccc(OCC(O)CN)cc1. The molecule has 0 aromatic heterocycles. The number of hydrogen-bond acceptors (Lipinski definition) is 3. The maximum atomic E-state index is 9.80. The Kier molecular flexibility index (Phi) is 23.3. The maximum absolute atomic E-state index is 9.80. The lowest BCUT2D eigenvalue weighted by Crippen LogP contribution is -2.37. The third-order valence-corrected chi connectivity index (χ3v) is 15.7. The Labute approximate surface area is 454 Å². The van der Waals surface area contributed by atoms with Gasteiger partial charge < -0.3 is 15.6 Å². The first-order valence-electron chi connectivity index (χ1n) is 29.6. The Balaban J connectivity index is 2.94. The van der Waals surface area contributed by atoms with Gasteiger partial charge in [0.15, 0.2) is 0 Å². The molecule has 1 rings (SSSR count). The van der Waals surface area contributed by atoms with Gasteiger partial charge in [-0.05, 0) is 196 Å². The predicted octanol–water partition coefficient (Wildman–Crippen LogP) is 21.4. The van der Waals surface area contributed by atoms with E-state index in [-0.39, 0.29) is 72.7 Å². The summed E-state index contributed by atoms with van der Waals surface area (Å²) < 4.78 is 5.74. The van der Waals surface area contributed by atoms with Crippen LogP contribution < -0.4 is 10.5 Å². The van der Waals surface area contributed by atoms with Crippen LogP contribution in [0.2, 0.25) is 0 Å². The average Bonchev–Trinajstić information content (AvgIpc) is 2.98. The zero-order valence-electron chi connectivity index (χ0n) is 54.9. The molecule has 0 aliphatic heterocycles. The number of nitrogens with two attached hydrogens (primary N) is 1. The molecule has 3 N–H and O–H groups in total. The van der Waals surface area contributed by atoms with Crippen LogP contribution in [0, 0.1) is 81.7 Å². The van der Waals surface area contributed by atoms with Crippen molar-refractivity contribution in [2.75, 3.05) is 13.2 Å². The highest BCUT2D eigenvalue weighted by Crippen LogP contribution is 2.56. The zero-order chi connectivity index (χ0) is 56.9. The van der Waals surface area contributed by atoms with Gasteiger partial charge in [0.1, 0.15) is 18.5 Å². The molecule has 0 saturated heterocycles. The minimum Gasteiger partial charge on any atom is -0.491 e. The topological polar surface area (TPSA) is 55.5 Å². The molecule has 72 heavy (non-hydrogen) atoms. The van der Waals surface area contributed by atoms with Gasteiger partial charge in [0.2, 0.25) is 0 Å². The fraction of sp³-hybridized carbons (Fsp3) is 0.913. The summed E-state index contributed by atoms with van der Waals surface area (Å²) >= 11 is 0. The van der Waals surface area contributed by atoms with E-state index in [0.29, 0.717) is 16.2 Å². The van der Waals surface area contributed by atoms with E-state index in [9.17, 15) is 5.11 Å². The molecule has 1 aromatic carbocycles. The number of rotatable bonds is 34. The van der Waals surface area contributed by atoms with E-state index < -0.39 is 6.10 Å². The summed E-state index contributed by atoms with van der Waals surface area (Å²) in [6.07, 6.45) is 17.9. The predicted molar refractivity (Wildman–Crippen MR) is 323 cm³/mol. The Hall–Kier alpha value is -1.06. The van der Waals surface area contributed by atoms with Gasteiger partial charge in [-0.2, -0.15) is 0 Å². The molecule has 1 unspecified atom stereocenters. The summed E-state index contributed by atoms with van der Waals surface area (Å²) in [5.74, 6) is 1.53. The van der Waals surface area contributed by atoms with Crippen LogP contribution in [0.1, 0.15) is 303 Å². The van der Waals surface area contributed by atoms with E-state index in [4.69, 9.17) is 10.5 Å². The average molecular weight is 1010 g/mol. The molecule has 0 aliphatic carbocycles. The lowest BCUT2D eigenvalue weighted by atomic mass is 9.57. The molecule has 0 aliphatic rings. The summed E-state index contributed by atoms with van der Waals surface area (Å²) in [7, 11) is 0. The van der Waals surface area contributed by atoms with Crippen molar-refractivity contribution in [1.29, 1.82) is 0 Å². The molecule has 0 bridgehead atoms. The second-order valence-electron chi connectivity index (χ2n) is 37.2. The van der Waals surface area contributed by atoms with Crippen LogP contribution in [0.3, 0.4) is 0 Å². The maximum Gasteiger partial charge on any atom is 0.119 e. The van der Waals surface area contributed by atoms with Gasteiger partial charge in [-0.25, -0.2) is 0 Å². The van der Waals surface area contributed by atoms with Crippen LogP contribution in [0.15, 0.2) is 24.3 Å². The van der Waals surface area contributed by atoms with Crippen LogP contribution in [-0.2, 0) is 6.42 Å². The third kappa shape index (κ3) is 29.5. The Morgan fingerprint density at radius 1 is 0.347 bits per heavy atom. The Morgan fingerprint density at radius 2 is 0.556 bits per heavy atom. The van der Waals surface area contributed by atoms with Crippen LogP contribution in [-0.4, -0.2) is 24.4 Å². The summed E-state index contributed by atoms with van der Waals surface area (Å²) in [6, 6.07) is 8.42. The summed E-state index contributed by atoms with van der Waals surface area (Å²) in [5.41, 5.74) is 10.6. The third-order valence-electron chi connectivity index (χ3n) is 15.7. The molecule has 0 radical (unpaired) electrons. The van der Waals surface area contributed by atoms with Crippen LogP contribution in [0.5, 0.6) is 5.75 Å². The molecule has 0 amide bonds. The van der Waals surface area contributed by atoms with Crippen molar-refractivity contribution in [3.8, 4) is 5.75 Å². The van der Waals surface area contributed by atoms with E-state index in [0.717, 1.165) is 18.1 Å². The first kappa shape index (κ1) is 69.0. The van der Waals surface area contributed by atoms with Gasteiger partial charge in [-0.1, -0.05) is 220 Å². The summed E-state index contributed by atoms with van der Waals surface area (Å²) in [4.78, 5) is 0. The smallest absolute Gasteiger partial charge is 0.119 e. The number of aliphatic hydroxyl groups excluding tert-OH is 1. The van der Waals surface area contributed by atoms with E-state index in [2.05, 4.69) is 220 Å². The van der Waals surface area contributed by atoms with Gasteiger partial charge in [-0.15, -0.1) is 0 Å². The molecule has 0 saturated carbocycles. The van der Waals surface area contributed by atoms with E-state index in [1.807, 2.05) is 12.1 Å². The molecular formula is C69H133NO2. The first-order valence-corrected chi connectivity index (χ1v) is 29.6. The molecule has 1 aromatic rings. The van der Waals surface area contributed by atoms with Gasteiger partial charge in [0.05, 0.1) is 0 Å². The van der Waals surface area contributed by atoms with E-state index >= 15 is 0 Å². The van der Waals surface area contributed by atoms with Crippen LogP contribution in [0.4, 0.5) is 0 Å². The van der Waals surface area contributed by atoms with Crippen molar-refractivity contribution in [2.24, 2.45) is 87.5 Å². The lowest BCUT2D eigenvalue weighted by molar-refractivity contribution is 0.0302. The number of benzene rings is 1. The highest BCUT2D eigenvalue weighted by atomic mass is 16.5. The minimum absolute atomic E-state index is 0.161. The zero-order valence-corrected chi connectivity index (χ0v) is 54.9. The second kappa shape index (κ2) is 24.3. The summed E-state index contributed by atoms with van der Waals surface area (Å²) in [6.45, 7) is 76.5. The quantitative estimate of drug-likeness (QED) is 0.0723. The molecule has 0 spiro atoms. The van der Waals surface area contributed by atoms with Crippen molar-refractivity contribution in [2.45, 2.75) is 310 Å². The van der Waals surface area contributed by atoms with E-state index in [1.54, 1.807) is 0 Å². The first-order chi connectivity index (χ1) is 31.5. The van der Waals surface area contributed by atoms with Gasteiger partial charge in [0.25, 0.3) is 0 Å². The van der Waals surface area contributed by atoms with Crippen LogP contribution in [0.25, 0.3) is 0 Å². The lowest BCUT2D eigenvalue weighted by Gasteiger charge is -2.48. The van der Waals surface area contributed by atoms with E-state index in [1.165, 1.54) is 95.5 Å². The van der Waals surface area contributed by atoms with Crippen LogP contribution >= 0.6 is 0 Å². The standard InChI is InChI=1S/C69H133NO2/c1-52(2)35-56(3,4)39-58(7,8)41-60(11,12)43-62(15,16)45-64(19,20)47-66(23,24)49-68(27,28)51-69(29,30)50-67(25,26)48-65(21,22)46-63(17,18)44-61(13,14)42-59(9,10)40-57(5,6)36-53-31-33-55(34-32-53)72-38-54(71)37-70/h31-34,52,54,71H,35-51,70H2,1-30H3. The molecular weight excluding hydrogens is 875 g/mol. The normalized spacial score (nSPS) is 15.7. The van der Waals surface area contributed by atoms with Gasteiger partial charge in [-0.3, -0.25) is 0 Å². The monoisotopic (exact) mass is 1010 g/mol. The van der Waals surface area contributed by atoms with Crippen molar-refractivity contribution in [1.82, 2.24) is 0 Å². The molecule has 1 atom stereocenters. The summed E-state index contributed by atoms with van der Waals surface area (Å²) in [5, 5.41) is 9.80. The molecule has 3 heteroatoms. The number of hydrogen-bond donors (Lipinski definition) is 2. The number of ether oxygens (including phenoxy) is 1. The van der Waals surface area contributed by atoms with Gasteiger partial charge >= 0.3 is 0 Å². The molecule has 0 heterocycles.